The second-order valence-corrected chi connectivity index (χ2v) is 2.89. The van der Waals surface area contributed by atoms with Crippen LogP contribution in [0.15, 0.2) is 0 Å². The highest BCUT2D eigenvalue weighted by Crippen LogP contribution is 2.16. The van der Waals surface area contributed by atoms with Crippen LogP contribution in [-0.4, -0.2) is 57.7 Å². The molecule has 7 N–H and O–H groups in total. The molecule has 0 aliphatic carbocycles. The average Bonchev–Trinajstić information content (AvgIpc) is 2.08. The predicted octanol–water partition coefficient (Wildman–Crippen LogP) is -3.97. The molecule has 0 aromatic heterocycles. The van der Waals surface area contributed by atoms with Gasteiger partial charge in [-0.25, -0.2) is 0 Å². The molecule has 0 radical (unpaired) electrons. The first-order valence-electron chi connectivity index (χ1n) is 3.71. The molecule has 0 saturated carbocycles. The fraction of sp³-hybridized carbons (Fsp3) is 1.00. The van der Waals surface area contributed by atoms with Gasteiger partial charge in [0.05, 0.1) is 6.61 Å². The van der Waals surface area contributed by atoms with Gasteiger partial charge in [-0.2, -0.15) is 0 Å². The van der Waals surface area contributed by atoms with Gasteiger partial charge in [-0.1, -0.05) is 0 Å². The molecule has 0 amide bonds. The lowest BCUT2D eigenvalue weighted by atomic mass is 9.98. The van der Waals surface area contributed by atoms with Gasteiger partial charge in [0.2, 0.25) is 6.29 Å². The van der Waals surface area contributed by atoms with Crippen LogP contribution in [0.2, 0.25) is 0 Å². The molecule has 72 valence electrons. The molecule has 0 bridgehead atoms. The highest BCUT2D eigenvalue weighted by atomic mass is 16.6. The van der Waals surface area contributed by atoms with Crippen molar-refractivity contribution < 1.29 is 30.9 Å². The summed E-state index contributed by atoms with van der Waals surface area (Å²) in [6.07, 6.45) is -4.53. The zero-order valence-corrected chi connectivity index (χ0v) is 6.50. The lowest BCUT2D eigenvalue weighted by Crippen LogP contribution is -2.77. The highest BCUT2D eigenvalue weighted by Gasteiger charge is 2.43. The lowest BCUT2D eigenvalue weighted by molar-refractivity contribution is -0.497. The second kappa shape index (κ2) is 3.65. The van der Waals surface area contributed by atoms with E-state index in [4.69, 9.17) is 14.9 Å². The van der Waals surface area contributed by atoms with Crippen molar-refractivity contribution in [3.05, 3.63) is 0 Å². The van der Waals surface area contributed by atoms with Crippen LogP contribution >= 0.6 is 0 Å². The van der Waals surface area contributed by atoms with Gasteiger partial charge in [0.1, 0.15) is 18.3 Å². The third-order valence-electron chi connectivity index (χ3n) is 2.03. The van der Waals surface area contributed by atoms with Crippen molar-refractivity contribution in [2.45, 2.75) is 30.6 Å². The number of hydrogen-bond donors (Lipinski definition) is 5. The Hall–Kier alpha value is -0.240. The van der Waals surface area contributed by atoms with E-state index in [2.05, 4.69) is 5.73 Å². The molecule has 1 rings (SSSR count). The number of quaternary nitrogens is 1. The summed E-state index contributed by atoms with van der Waals surface area (Å²) in [5.74, 6) is 0. The van der Waals surface area contributed by atoms with Crippen LogP contribution in [0.5, 0.6) is 0 Å². The van der Waals surface area contributed by atoms with Crippen LogP contribution in [0.3, 0.4) is 0 Å². The van der Waals surface area contributed by atoms with E-state index < -0.39 is 37.3 Å². The Morgan fingerprint density at radius 3 is 2.25 bits per heavy atom. The normalized spacial score (nSPS) is 49.2. The lowest BCUT2D eigenvalue weighted by Gasteiger charge is -2.36. The molecule has 0 aromatic rings. The molecule has 6 nitrogen and oxygen atoms in total. The van der Waals surface area contributed by atoms with Crippen molar-refractivity contribution in [2.24, 2.45) is 0 Å². The summed E-state index contributed by atoms with van der Waals surface area (Å²) >= 11 is 0. The van der Waals surface area contributed by atoms with Gasteiger partial charge < -0.3 is 30.9 Å². The van der Waals surface area contributed by atoms with Crippen LogP contribution < -0.4 is 5.73 Å². The first-order chi connectivity index (χ1) is 5.57. The highest BCUT2D eigenvalue weighted by molar-refractivity contribution is 4.87. The molecule has 5 atom stereocenters. The molecule has 1 aliphatic heterocycles. The number of aliphatic hydroxyl groups excluding tert-OH is 4. The van der Waals surface area contributed by atoms with Crippen molar-refractivity contribution in [3.8, 4) is 0 Å². The number of rotatable bonds is 1. The van der Waals surface area contributed by atoms with E-state index in [0.717, 1.165) is 0 Å². The summed E-state index contributed by atoms with van der Waals surface area (Å²) in [6.45, 7) is -0.442. The molecule has 1 saturated heterocycles. The van der Waals surface area contributed by atoms with Gasteiger partial charge in [0.15, 0.2) is 6.04 Å². The zero-order chi connectivity index (χ0) is 9.30. The largest absolute Gasteiger partial charge is 0.394 e. The Morgan fingerprint density at radius 2 is 1.75 bits per heavy atom. The molecule has 12 heavy (non-hydrogen) atoms. The van der Waals surface area contributed by atoms with E-state index in [1.165, 1.54) is 0 Å². The smallest absolute Gasteiger partial charge is 0.211 e. The van der Waals surface area contributed by atoms with Crippen molar-refractivity contribution in [2.75, 3.05) is 6.61 Å². The summed E-state index contributed by atoms with van der Waals surface area (Å²) in [6, 6.07) is -0.789. The first-order valence-corrected chi connectivity index (χ1v) is 3.71. The number of hydrogen-bond acceptors (Lipinski definition) is 5. The molecule has 0 aromatic carbocycles. The Kier molecular flexibility index (Phi) is 2.99. The van der Waals surface area contributed by atoms with Crippen LogP contribution in [0.4, 0.5) is 0 Å². The number of ether oxygens (including phenoxy) is 1. The fourth-order valence-electron chi connectivity index (χ4n) is 1.15. The first kappa shape index (κ1) is 9.85. The second-order valence-electron chi connectivity index (χ2n) is 2.89. The van der Waals surface area contributed by atoms with Gasteiger partial charge in [0, 0.05) is 0 Å². The topological polar surface area (TPSA) is 118 Å². The minimum Gasteiger partial charge on any atom is -0.394 e. The molecular weight excluding hydrogens is 166 g/mol. The molecule has 0 unspecified atom stereocenters. The van der Waals surface area contributed by atoms with E-state index in [1.807, 2.05) is 0 Å². The van der Waals surface area contributed by atoms with Crippen molar-refractivity contribution in [1.29, 1.82) is 0 Å². The van der Waals surface area contributed by atoms with Crippen LogP contribution in [-0.2, 0) is 4.74 Å². The quantitative estimate of drug-likeness (QED) is 0.282. The Bertz CT molecular complexity index is 150. The maximum atomic E-state index is 9.25. The van der Waals surface area contributed by atoms with Gasteiger partial charge in [-0.15, -0.1) is 0 Å². The van der Waals surface area contributed by atoms with Gasteiger partial charge >= 0.3 is 0 Å². The van der Waals surface area contributed by atoms with Crippen molar-refractivity contribution in [1.82, 2.24) is 0 Å². The summed E-state index contributed by atoms with van der Waals surface area (Å²) in [4.78, 5) is 0. The third kappa shape index (κ3) is 1.58. The molecule has 1 aliphatic rings. The summed E-state index contributed by atoms with van der Waals surface area (Å²) in [5, 5.41) is 36.3. The average molecular weight is 180 g/mol. The number of aliphatic hydroxyl groups is 4. The van der Waals surface area contributed by atoms with Gasteiger partial charge in [0.25, 0.3) is 0 Å². The fourth-order valence-corrected chi connectivity index (χ4v) is 1.15. The van der Waals surface area contributed by atoms with Gasteiger partial charge in [-0.05, 0) is 0 Å². The van der Waals surface area contributed by atoms with Gasteiger partial charge in [-0.3, -0.25) is 0 Å². The maximum Gasteiger partial charge on any atom is 0.211 e. The standard InChI is InChI=1S/C6H13NO5/c7-3-5(10)4(9)2(1-8)12-6(3)11/h2-6,8-11H,1,7H2/p+1/t2-,3-,4-,5-,6+/m1/s1. The van der Waals surface area contributed by atoms with E-state index in [9.17, 15) is 10.2 Å². The van der Waals surface area contributed by atoms with E-state index in [1.54, 1.807) is 0 Å². The monoisotopic (exact) mass is 180 g/mol. The molecule has 0 spiro atoms. The third-order valence-corrected chi connectivity index (χ3v) is 2.03. The van der Waals surface area contributed by atoms with E-state index >= 15 is 0 Å². The van der Waals surface area contributed by atoms with E-state index in [-0.39, 0.29) is 0 Å². The van der Waals surface area contributed by atoms with Crippen LogP contribution in [0.25, 0.3) is 0 Å². The van der Waals surface area contributed by atoms with Crippen molar-refractivity contribution >= 4 is 0 Å². The SMILES string of the molecule is [NH3+][C@@H]1[C@@H](O)[C@H](O)[C@@H](CO)O[C@@H]1O. The Labute approximate surface area is 69.2 Å². The van der Waals surface area contributed by atoms with Crippen LogP contribution in [0.1, 0.15) is 0 Å². The maximum absolute atomic E-state index is 9.25. The Morgan fingerprint density at radius 1 is 1.17 bits per heavy atom. The molecular formula is C6H14NO5+. The summed E-state index contributed by atoms with van der Waals surface area (Å²) < 4.78 is 4.76. The Balaban J connectivity index is 2.63. The predicted molar refractivity (Wildman–Crippen MR) is 36.7 cm³/mol. The molecule has 1 fully saturated rings. The van der Waals surface area contributed by atoms with Crippen LogP contribution in [0, 0.1) is 0 Å². The summed E-state index contributed by atoms with van der Waals surface area (Å²) in [7, 11) is 0. The molecule has 1 heterocycles. The summed E-state index contributed by atoms with van der Waals surface area (Å²) in [5.41, 5.74) is 3.41. The zero-order valence-electron chi connectivity index (χ0n) is 6.50. The minimum absolute atomic E-state index is 0.442. The minimum atomic E-state index is -1.24. The van der Waals surface area contributed by atoms with E-state index in [0.29, 0.717) is 0 Å². The van der Waals surface area contributed by atoms with Crippen molar-refractivity contribution in [3.63, 3.8) is 0 Å². The molecule has 6 heteroatoms.